The zero-order valence-electron chi connectivity index (χ0n) is 19.9. The number of methoxy groups -OCH3 is 1. The van der Waals surface area contributed by atoms with Crippen LogP contribution in [0.2, 0.25) is 0 Å². The smallest absolute Gasteiger partial charge is 0.225 e. The second-order valence-corrected chi connectivity index (χ2v) is 10.1. The molecule has 3 aromatic carbocycles. The average molecular weight is 559 g/mol. The molecule has 5 nitrogen and oxygen atoms in total. The molecule has 0 aliphatic carbocycles. The molecule has 0 spiro atoms. The monoisotopic (exact) mass is 557 g/mol. The Labute approximate surface area is 223 Å². The molecule has 4 aromatic rings. The third-order valence-electron chi connectivity index (χ3n) is 5.54. The number of carbonyl (C=O) groups is 1. The first-order valence-electron chi connectivity index (χ1n) is 11.3. The van der Waals surface area contributed by atoms with Gasteiger partial charge in [0.1, 0.15) is 16.8 Å². The molecule has 0 saturated heterocycles. The summed E-state index contributed by atoms with van der Waals surface area (Å²) < 4.78 is 6.24. The second-order valence-electron chi connectivity index (χ2n) is 8.10. The van der Waals surface area contributed by atoms with Gasteiger partial charge in [-0.3, -0.25) is 4.79 Å². The molecule has 180 valence electrons. The molecule has 1 aromatic heterocycles. The molecule has 1 amide bonds. The number of hydrogen-bond acceptors (Lipinski definition) is 5. The summed E-state index contributed by atoms with van der Waals surface area (Å²) in [6, 6.07) is 27.5. The second kappa shape index (κ2) is 11.9. The van der Waals surface area contributed by atoms with Gasteiger partial charge in [-0.25, -0.2) is 4.98 Å². The van der Waals surface area contributed by atoms with Crippen molar-refractivity contribution < 1.29 is 9.53 Å². The fourth-order valence-electron chi connectivity index (χ4n) is 3.60. The van der Waals surface area contributed by atoms with Gasteiger partial charge in [0.25, 0.3) is 0 Å². The Hall–Kier alpha value is -3.60. The average Bonchev–Trinajstić information content (AvgIpc) is 2.90. The summed E-state index contributed by atoms with van der Waals surface area (Å²) in [7, 11) is 1.63. The van der Waals surface area contributed by atoms with E-state index < -0.39 is 0 Å². The number of carbonyl (C=O) groups excluding carboxylic acids is 1. The topological polar surface area (TPSA) is 75.0 Å². The number of halogens is 1. The van der Waals surface area contributed by atoms with Crippen molar-refractivity contribution in [1.82, 2.24) is 4.98 Å². The minimum absolute atomic E-state index is 0.0894. The lowest BCUT2D eigenvalue weighted by atomic mass is 9.98. The zero-order valence-corrected chi connectivity index (χ0v) is 22.3. The summed E-state index contributed by atoms with van der Waals surface area (Å²) >= 11 is 4.81. The molecule has 0 radical (unpaired) electrons. The highest BCUT2D eigenvalue weighted by Gasteiger charge is 2.16. The summed E-state index contributed by atoms with van der Waals surface area (Å²) in [5.74, 6) is 1.16. The van der Waals surface area contributed by atoms with Crippen molar-refractivity contribution in [3.8, 4) is 34.2 Å². The molecule has 36 heavy (non-hydrogen) atoms. The van der Waals surface area contributed by atoms with Crippen LogP contribution in [0.15, 0.2) is 88.4 Å². The zero-order chi connectivity index (χ0) is 25.5. The van der Waals surface area contributed by atoms with Gasteiger partial charge in [-0.15, -0.1) is 11.8 Å². The molecule has 0 aliphatic rings. The Morgan fingerprint density at radius 1 is 1.03 bits per heavy atom. The lowest BCUT2D eigenvalue weighted by Gasteiger charge is -2.13. The molecule has 0 unspecified atom stereocenters. The van der Waals surface area contributed by atoms with Crippen molar-refractivity contribution in [2.75, 3.05) is 18.2 Å². The van der Waals surface area contributed by atoms with E-state index in [0.717, 1.165) is 43.9 Å². The van der Waals surface area contributed by atoms with Crippen LogP contribution in [0.25, 0.3) is 22.4 Å². The number of nitriles is 1. The largest absolute Gasteiger partial charge is 0.497 e. The molecule has 1 heterocycles. The Morgan fingerprint density at radius 3 is 2.33 bits per heavy atom. The molecular formula is C29H24BrN3O2S. The first-order valence-corrected chi connectivity index (χ1v) is 13.1. The predicted octanol–water partition coefficient (Wildman–Crippen LogP) is 7.49. The molecule has 7 heteroatoms. The van der Waals surface area contributed by atoms with Crippen molar-refractivity contribution in [3.63, 3.8) is 0 Å². The third kappa shape index (κ3) is 6.34. The van der Waals surface area contributed by atoms with Crippen LogP contribution >= 0.6 is 27.7 Å². The number of aryl methyl sites for hydroxylation is 1. The van der Waals surface area contributed by atoms with Gasteiger partial charge in [-0.2, -0.15) is 5.26 Å². The fourth-order valence-corrected chi connectivity index (χ4v) is 4.81. The summed E-state index contributed by atoms with van der Waals surface area (Å²) in [4.78, 5) is 17.3. The molecule has 0 bridgehead atoms. The van der Waals surface area contributed by atoms with Gasteiger partial charge in [0.2, 0.25) is 5.91 Å². The van der Waals surface area contributed by atoms with Crippen molar-refractivity contribution in [2.24, 2.45) is 0 Å². The molecule has 0 fully saturated rings. The highest BCUT2D eigenvalue weighted by Crippen LogP contribution is 2.35. The van der Waals surface area contributed by atoms with Crippen LogP contribution in [0.1, 0.15) is 17.5 Å². The van der Waals surface area contributed by atoms with Crippen molar-refractivity contribution in [2.45, 2.75) is 18.4 Å². The number of ether oxygens (including phenoxy) is 1. The van der Waals surface area contributed by atoms with Gasteiger partial charge in [0.05, 0.1) is 18.4 Å². The number of anilines is 1. The number of hydrogen-bond donors (Lipinski definition) is 1. The normalized spacial score (nSPS) is 10.5. The highest BCUT2D eigenvalue weighted by molar-refractivity contribution is 9.10. The van der Waals surface area contributed by atoms with E-state index in [1.54, 1.807) is 7.11 Å². The van der Waals surface area contributed by atoms with E-state index in [-0.39, 0.29) is 5.91 Å². The van der Waals surface area contributed by atoms with E-state index in [1.165, 1.54) is 11.8 Å². The minimum Gasteiger partial charge on any atom is -0.497 e. The van der Waals surface area contributed by atoms with Crippen LogP contribution < -0.4 is 10.1 Å². The quantitative estimate of drug-likeness (QED) is 0.227. The first kappa shape index (κ1) is 25.5. The fraction of sp³-hybridized carbons (Fsp3) is 0.138. The maximum absolute atomic E-state index is 12.5. The summed E-state index contributed by atoms with van der Waals surface area (Å²) in [6.07, 6.45) is 0.292. The maximum atomic E-state index is 12.5. The minimum atomic E-state index is -0.0894. The lowest BCUT2D eigenvalue weighted by Crippen LogP contribution is -2.12. The van der Waals surface area contributed by atoms with Gasteiger partial charge in [-0.05, 0) is 67.1 Å². The first-order chi connectivity index (χ1) is 17.5. The van der Waals surface area contributed by atoms with Gasteiger partial charge in [0, 0.05) is 33.5 Å². The van der Waals surface area contributed by atoms with Crippen molar-refractivity contribution >= 4 is 39.3 Å². The highest BCUT2D eigenvalue weighted by atomic mass is 79.9. The lowest BCUT2D eigenvalue weighted by molar-refractivity contribution is -0.115. The summed E-state index contributed by atoms with van der Waals surface area (Å²) in [5, 5.41) is 13.6. The van der Waals surface area contributed by atoms with E-state index in [1.807, 2.05) is 85.8 Å². The number of rotatable bonds is 8. The van der Waals surface area contributed by atoms with Crippen LogP contribution in [0, 0.1) is 18.3 Å². The van der Waals surface area contributed by atoms with E-state index in [9.17, 15) is 10.1 Å². The molecule has 0 aliphatic heterocycles. The van der Waals surface area contributed by atoms with E-state index in [4.69, 9.17) is 9.72 Å². The van der Waals surface area contributed by atoms with Crippen LogP contribution in [0.4, 0.5) is 5.69 Å². The van der Waals surface area contributed by atoms with Crippen LogP contribution in [0.5, 0.6) is 5.75 Å². The Bertz CT molecular complexity index is 1400. The van der Waals surface area contributed by atoms with E-state index in [2.05, 4.69) is 27.3 Å². The SMILES string of the molecule is COc1ccc(-c2cc(-c3ccc(C)cc3)c(C#N)c(SCCC(=O)Nc3ccc(Br)cc3)n2)cc1. The molecule has 0 atom stereocenters. The molecule has 4 rings (SSSR count). The van der Waals surface area contributed by atoms with Crippen LogP contribution in [0.3, 0.4) is 0 Å². The van der Waals surface area contributed by atoms with Gasteiger partial charge >= 0.3 is 0 Å². The van der Waals surface area contributed by atoms with Gasteiger partial charge in [0.15, 0.2) is 0 Å². The van der Waals surface area contributed by atoms with Crippen LogP contribution in [-0.2, 0) is 4.79 Å². The van der Waals surface area contributed by atoms with E-state index >= 15 is 0 Å². The van der Waals surface area contributed by atoms with Crippen molar-refractivity contribution in [1.29, 1.82) is 5.26 Å². The van der Waals surface area contributed by atoms with Gasteiger partial charge in [-0.1, -0.05) is 45.8 Å². The number of nitrogens with one attached hydrogen (secondary N) is 1. The number of aromatic nitrogens is 1. The summed E-state index contributed by atoms with van der Waals surface area (Å²) in [5.41, 5.74) is 5.84. The number of nitrogens with zero attached hydrogens (tertiary/aromatic N) is 2. The maximum Gasteiger partial charge on any atom is 0.225 e. The van der Waals surface area contributed by atoms with E-state index in [0.29, 0.717) is 22.8 Å². The Morgan fingerprint density at radius 2 is 1.69 bits per heavy atom. The number of benzene rings is 3. The number of pyridine rings is 1. The van der Waals surface area contributed by atoms with Crippen molar-refractivity contribution in [3.05, 3.63) is 94.5 Å². The predicted molar refractivity (Wildman–Crippen MR) is 149 cm³/mol. The molecule has 0 saturated carbocycles. The molecule has 1 N–H and O–H groups in total. The number of amides is 1. The van der Waals surface area contributed by atoms with Crippen LogP contribution in [-0.4, -0.2) is 23.8 Å². The molecular weight excluding hydrogens is 534 g/mol. The van der Waals surface area contributed by atoms with Gasteiger partial charge < -0.3 is 10.1 Å². The standard InChI is InChI=1S/C29H24BrN3O2S/c1-19-3-5-20(6-4-19)25-17-27(21-7-13-24(35-2)14-8-21)33-29(26(25)18-31)36-16-15-28(34)32-23-11-9-22(30)10-12-23/h3-14,17H,15-16H2,1-2H3,(H,32,34). The Balaban J connectivity index is 1.61. The number of thioether (sulfide) groups is 1. The Kier molecular flexibility index (Phi) is 8.42. The summed E-state index contributed by atoms with van der Waals surface area (Å²) in [6.45, 7) is 2.03. The third-order valence-corrected chi connectivity index (χ3v) is 7.05.